The fourth-order valence-corrected chi connectivity index (χ4v) is 1.57. The van der Waals surface area contributed by atoms with Crippen LogP contribution in [-0.4, -0.2) is 69.3 Å². The third-order valence-corrected chi connectivity index (χ3v) is 2.33. The first kappa shape index (κ1) is 19.6. The summed E-state index contributed by atoms with van der Waals surface area (Å²) in [6.45, 7) is -0.831. The van der Waals surface area contributed by atoms with Crippen LogP contribution in [0, 0.1) is 0 Å². The highest BCUT2D eigenvalue weighted by Crippen LogP contribution is 2.09. The van der Waals surface area contributed by atoms with Crippen molar-refractivity contribution >= 4 is 17.9 Å². The smallest absolute Gasteiger partial charge is 0.320 e. The quantitative estimate of drug-likeness (QED) is 0.339. The van der Waals surface area contributed by atoms with Crippen molar-refractivity contribution in [1.29, 1.82) is 0 Å². The Morgan fingerprint density at radius 3 is 1.79 bits per heavy atom. The monoisotopic (exact) mass is 280 g/mol. The summed E-state index contributed by atoms with van der Waals surface area (Å²) in [5.41, 5.74) is 5.28. The molecule has 0 fully saturated rings. The van der Waals surface area contributed by atoms with E-state index in [1.54, 1.807) is 0 Å². The van der Waals surface area contributed by atoms with E-state index in [2.05, 4.69) is 0 Å². The summed E-state index contributed by atoms with van der Waals surface area (Å²) in [6, 6.07) is -1.12. The molecular formula is C10H20N2O7. The summed E-state index contributed by atoms with van der Waals surface area (Å²) in [5.74, 6) is -3.75. The lowest BCUT2D eigenvalue weighted by Gasteiger charge is -2.25. The molecular weight excluding hydrogens is 260 g/mol. The molecule has 0 aromatic rings. The van der Waals surface area contributed by atoms with Crippen LogP contribution in [0.2, 0.25) is 0 Å². The van der Waals surface area contributed by atoms with Crippen LogP contribution >= 0.6 is 0 Å². The maximum absolute atomic E-state index is 11.0. The number of nitrogens with zero attached hydrogens (tertiary/aromatic N) is 1. The van der Waals surface area contributed by atoms with Crippen molar-refractivity contribution in [2.24, 2.45) is 5.73 Å². The Bertz CT molecular complexity index is 292. The lowest BCUT2D eigenvalue weighted by molar-refractivity contribution is -0.149. The largest absolute Gasteiger partial charge is 0.480 e. The number of hydrogen-bond donors (Lipinski definition) is 4. The second kappa shape index (κ2) is 10.2. The number of carbonyl (C=O) groups is 3. The fourth-order valence-electron chi connectivity index (χ4n) is 1.57. The molecule has 0 aromatic carbocycles. The first-order chi connectivity index (χ1) is 8.38. The minimum Gasteiger partial charge on any atom is -0.480 e. The van der Waals surface area contributed by atoms with Gasteiger partial charge in [0, 0.05) is 0 Å². The van der Waals surface area contributed by atoms with Crippen molar-refractivity contribution in [3.63, 3.8) is 0 Å². The fraction of sp³-hybridized carbons (Fsp3) is 0.700. The standard InChI is InChI=1S/C10H18N2O6.H2O/c11-4-2-1-3-7(10(17)18)12(5-8(13)14)6-9(15)16;/h7H,1-6,11H2,(H,13,14)(H,15,16)(H,17,18);1H2. The zero-order valence-electron chi connectivity index (χ0n) is 10.4. The Morgan fingerprint density at radius 2 is 1.47 bits per heavy atom. The Kier molecular flexibility index (Phi) is 10.6. The van der Waals surface area contributed by atoms with E-state index >= 15 is 0 Å². The number of rotatable bonds is 10. The van der Waals surface area contributed by atoms with E-state index < -0.39 is 37.0 Å². The minimum absolute atomic E-state index is 0. The number of aliphatic carboxylic acids is 3. The molecule has 0 amide bonds. The summed E-state index contributed by atoms with van der Waals surface area (Å²) in [5, 5.41) is 26.3. The summed E-state index contributed by atoms with van der Waals surface area (Å²) >= 11 is 0. The van der Waals surface area contributed by atoms with E-state index in [0.717, 1.165) is 4.90 Å². The third kappa shape index (κ3) is 8.94. The van der Waals surface area contributed by atoms with Gasteiger partial charge in [-0.1, -0.05) is 6.42 Å². The van der Waals surface area contributed by atoms with Gasteiger partial charge >= 0.3 is 17.9 Å². The number of carboxylic acid groups (broad SMARTS) is 3. The van der Waals surface area contributed by atoms with Crippen molar-refractivity contribution in [1.82, 2.24) is 4.90 Å². The zero-order valence-corrected chi connectivity index (χ0v) is 10.4. The number of unbranched alkanes of at least 4 members (excludes halogenated alkanes) is 1. The Hall–Kier alpha value is -1.71. The van der Waals surface area contributed by atoms with Crippen LogP contribution in [-0.2, 0) is 14.4 Å². The van der Waals surface area contributed by atoms with Crippen LogP contribution in [0.15, 0.2) is 0 Å². The van der Waals surface area contributed by atoms with Gasteiger partial charge in [0.1, 0.15) is 6.04 Å². The van der Waals surface area contributed by atoms with Crippen molar-refractivity contribution < 1.29 is 35.2 Å². The number of carboxylic acids is 3. The van der Waals surface area contributed by atoms with Gasteiger partial charge in [-0.2, -0.15) is 0 Å². The van der Waals surface area contributed by atoms with Gasteiger partial charge in [-0.25, -0.2) is 0 Å². The van der Waals surface area contributed by atoms with Crippen molar-refractivity contribution in [3.05, 3.63) is 0 Å². The molecule has 0 radical (unpaired) electrons. The highest BCUT2D eigenvalue weighted by molar-refractivity contribution is 5.78. The highest BCUT2D eigenvalue weighted by Gasteiger charge is 2.28. The predicted molar refractivity (Wildman–Crippen MR) is 64.8 cm³/mol. The molecule has 0 bridgehead atoms. The Morgan fingerprint density at radius 1 is 1.00 bits per heavy atom. The first-order valence-corrected chi connectivity index (χ1v) is 5.49. The SMILES string of the molecule is NCCCCC(C(=O)O)N(CC(=O)O)CC(=O)O.O. The molecule has 0 aliphatic heterocycles. The van der Waals surface area contributed by atoms with Gasteiger partial charge in [-0.05, 0) is 19.4 Å². The van der Waals surface area contributed by atoms with Crippen LogP contribution in [0.1, 0.15) is 19.3 Å². The molecule has 9 heteroatoms. The second-order valence-electron chi connectivity index (χ2n) is 3.83. The molecule has 0 spiro atoms. The predicted octanol–water partition coefficient (Wildman–Crippen LogP) is -1.78. The summed E-state index contributed by atoms with van der Waals surface area (Å²) in [6.07, 6.45) is 1.29. The summed E-state index contributed by atoms with van der Waals surface area (Å²) in [7, 11) is 0. The molecule has 0 rings (SSSR count). The molecule has 0 heterocycles. The van der Waals surface area contributed by atoms with E-state index in [-0.39, 0.29) is 11.9 Å². The molecule has 0 saturated heterocycles. The van der Waals surface area contributed by atoms with E-state index in [9.17, 15) is 14.4 Å². The zero-order chi connectivity index (χ0) is 14.1. The molecule has 19 heavy (non-hydrogen) atoms. The molecule has 0 aromatic heterocycles. The van der Waals surface area contributed by atoms with Gasteiger partial charge < -0.3 is 26.5 Å². The van der Waals surface area contributed by atoms with Gasteiger partial charge in [-0.15, -0.1) is 0 Å². The molecule has 0 saturated carbocycles. The molecule has 7 N–H and O–H groups in total. The molecule has 112 valence electrons. The van der Waals surface area contributed by atoms with Crippen molar-refractivity contribution in [2.75, 3.05) is 19.6 Å². The molecule has 0 aliphatic carbocycles. The van der Waals surface area contributed by atoms with Crippen LogP contribution in [0.3, 0.4) is 0 Å². The normalized spacial score (nSPS) is 11.7. The number of nitrogens with two attached hydrogens (primary N) is 1. The minimum atomic E-state index is -1.26. The molecule has 9 nitrogen and oxygen atoms in total. The van der Waals surface area contributed by atoms with Gasteiger partial charge in [0.05, 0.1) is 13.1 Å². The molecule has 1 atom stereocenters. The lowest BCUT2D eigenvalue weighted by Crippen LogP contribution is -2.46. The summed E-state index contributed by atoms with van der Waals surface area (Å²) in [4.78, 5) is 33.2. The maximum Gasteiger partial charge on any atom is 0.320 e. The van der Waals surface area contributed by atoms with Gasteiger partial charge in [-0.3, -0.25) is 19.3 Å². The average molecular weight is 280 g/mol. The van der Waals surface area contributed by atoms with Crippen LogP contribution < -0.4 is 5.73 Å². The van der Waals surface area contributed by atoms with Gasteiger partial charge in [0.2, 0.25) is 0 Å². The summed E-state index contributed by atoms with van der Waals surface area (Å²) < 4.78 is 0. The molecule has 0 aliphatic rings. The number of hydrogen-bond acceptors (Lipinski definition) is 5. The van der Waals surface area contributed by atoms with E-state index in [1.807, 2.05) is 0 Å². The topological polar surface area (TPSA) is 173 Å². The van der Waals surface area contributed by atoms with Crippen LogP contribution in [0.25, 0.3) is 0 Å². The maximum atomic E-state index is 11.0. The Balaban J connectivity index is 0. The van der Waals surface area contributed by atoms with Crippen LogP contribution in [0.5, 0.6) is 0 Å². The lowest BCUT2D eigenvalue weighted by atomic mass is 10.1. The van der Waals surface area contributed by atoms with Crippen molar-refractivity contribution in [2.45, 2.75) is 25.3 Å². The first-order valence-electron chi connectivity index (χ1n) is 5.49. The Labute approximate surface area is 109 Å². The average Bonchev–Trinajstić information content (AvgIpc) is 2.21. The highest BCUT2D eigenvalue weighted by atomic mass is 16.4. The van der Waals surface area contributed by atoms with E-state index in [4.69, 9.17) is 21.1 Å². The van der Waals surface area contributed by atoms with Gasteiger partial charge in [0.15, 0.2) is 0 Å². The van der Waals surface area contributed by atoms with Gasteiger partial charge in [0.25, 0.3) is 0 Å². The van der Waals surface area contributed by atoms with E-state index in [1.165, 1.54) is 0 Å². The second-order valence-corrected chi connectivity index (χ2v) is 3.83. The van der Waals surface area contributed by atoms with Crippen molar-refractivity contribution in [3.8, 4) is 0 Å². The van der Waals surface area contributed by atoms with E-state index in [0.29, 0.717) is 19.4 Å². The molecule has 1 unspecified atom stereocenters. The third-order valence-electron chi connectivity index (χ3n) is 2.33. The van der Waals surface area contributed by atoms with Crippen LogP contribution in [0.4, 0.5) is 0 Å².